The Hall–Kier alpha value is -2.11. The van der Waals surface area contributed by atoms with Crippen LogP contribution in [0.5, 0.6) is 5.75 Å². The van der Waals surface area contributed by atoms with Crippen molar-refractivity contribution in [1.82, 2.24) is 5.32 Å². The second kappa shape index (κ2) is 8.50. The fraction of sp³-hybridized carbons (Fsp3) is 0.176. The lowest BCUT2D eigenvalue weighted by atomic mass is 10.1. The Morgan fingerprint density at radius 1 is 1.22 bits per heavy atom. The predicted octanol–water partition coefficient (Wildman–Crippen LogP) is 3.79. The molecule has 2 aromatic rings. The summed E-state index contributed by atoms with van der Waals surface area (Å²) in [6.45, 7) is 2.51. The Labute approximate surface area is 145 Å². The normalized spacial score (nSPS) is 10.0. The number of rotatable bonds is 5. The monoisotopic (exact) mass is 348 g/mol. The minimum atomic E-state index is -0.189. The number of nitrogens with one attached hydrogen (secondary N) is 2. The van der Waals surface area contributed by atoms with Gasteiger partial charge in [-0.1, -0.05) is 29.8 Å². The third-order valence-electron chi connectivity index (χ3n) is 2.93. The summed E-state index contributed by atoms with van der Waals surface area (Å²) < 4.78 is 5.42. The van der Waals surface area contributed by atoms with Crippen molar-refractivity contribution in [3.63, 3.8) is 0 Å². The van der Waals surface area contributed by atoms with Gasteiger partial charge in [-0.15, -0.1) is 0 Å². The molecule has 0 heterocycles. The van der Waals surface area contributed by atoms with E-state index in [4.69, 9.17) is 28.6 Å². The van der Waals surface area contributed by atoms with E-state index < -0.39 is 0 Å². The number of hydrogen-bond donors (Lipinski definition) is 2. The molecule has 0 atom stereocenters. The molecule has 0 aliphatic rings. The van der Waals surface area contributed by atoms with Crippen molar-refractivity contribution < 1.29 is 9.53 Å². The van der Waals surface area contributed by atoms with Crippen LogP contribution < -0.4 is 15.4 Å². The Morgan fingerprint density at radius 3 is 2.65 bits per heavy atom. The lowest BCUT2D eigenvalue weighted by Gasteiger charge is -2.11. The van der Waals surface area contributed by atoms with Gasteiger partial charge in [-0.2, -0.15) is 0 Å². The molecule has 0 aliphatic heterocycles. The van der Waals surface area contributed by atoms with Crippen LogP contribution in [0.2, 0.25) is 5.02 Å². The number of halogens is 1. The highest BCUT2D eigenvalue weighted by Gasteiger charge is 2.07. The van der Waals surface area contributed by atoms with Crippen LogP contribution in [0.3, 0.4) is 0 Å². The molecule has 0 bridgehead atoms. The van der Waals surface area contributed by atoms with Crippen LogP contribution in [0.25, 0.3) is 0 Å². The van der Waals surface area contributed by atoms with Crippen molar-refractivity contribution >= 4 is 40.5 Å². The van der Waals surface area contributed by atoms with E-state index >= 15 is 0 Å². The van der Waals surface area contributed by atoms with Gasteiger partial charge >= 0.3 is 0 Å². The lowest BCUT2D eigenvalue weighted by Crippen LogP contribution is -2.35. The van der Waals surface area contributed by atoms with Crippen molar-refractivity contribution in [3.8, 4) is 5.75 Å². The van der Waals surface area contributed by atoms with Crippen molar-refractivity contribution in [3.05, 3.63) is 59.1 Å². The fourth-order valence-corrected chi connectivity index (χ4v) is 2.31. The Balaban J connectivity index is 1.87. The molecule has 0 spiro atoms. The van der Waals surface area contributed by atoms with E-state index in [0.717, 1.165) is 17.0 Å². The van der Waals surface area contributed by atoms with E-state index in [9.17, 15) is 4.79 Å². The standard InChI is InChI=1S/C17H17ClN2O2S/c1-2-22-15-5-3-4-14(11-15)19-17(23)20-16(21)10-12-6-8-13(18)9-7-12/h3-9,11H,2,10H2,1H3,(H2,19,20,21,23). The van der Waals surface area contributed by atoms with Crippen molar-refractivity contribution in [2.24, 2.45) is 0 Å². The number of thiocarbonyl (C=S) groups is 1. The molecular formula is C17H17ClN2O2S. The zero-order chi connectivity index (χ0) is 16.7. The molecule has 120 valence electrons. The predicted molar refractivity (Wildman–Crippen MR) is 97.1 cm³/mol. The minimum absolute atomic E-state index is 0.189. The molecule has 6 heteroatoms. The molecule has 1 amide bonds. The molecule has 0 fully saturated rings. The zero-order valence-electron chi connectivity index (χ0n) is 12.6. The van der Waals surface area contributed by atoms with E-state index in [2.05, 4.69) is 10.6 Å². The number of benzene rings is 2. The van der Waals surface area contributed by atoms with E-state index in [-0.39, 0.29) is 17.4 Å². The highest BCUT2D eigenvalue weighted by Crippen LogP contribution is 2.17. The number of carbonyl (C=O) groups is 1. The van der Waals surface area contributed by atoms with Crippen molar-refractivity contribution in [2.75, 3.05) is 11.9 Å². The number of hydrogen-bond acceptors (Lipinski definition) is 3. The first-order valence-corrected chi connectivity index (χ1v) is 7.93. The molecule has 23 heavy (non-hydrogen) atoms. The van der Waals surface area contributed by atoms with Crippen LogP contribution in [-0.4, -0.2) is 17.6 Å². The van der Waals surface area contributed by atoms with Crippen molar-refractivity contribution in [2.45, 2.75) is 13.3 Å². The van der Waals surface area contributed by atoms with Gasteiger partial charge in [0.15, 0.2) is 5.11 Å². The third kappa shape index (κ3) is 5.88. The molecule has 2 N–H and O–H groups in total. The summed E-state index contributed by atoms with van der Waals surface area (Å²) in [5.41, 5.74) is 1.63. The summed E-state index contributed by atoms with van der Waals surface area (Å²) in [6, 6.07) is 14.5. The molecule has 0 unspecified atom stereocenters. The van der Waals surface area contributed by atoms with E-state index in [0.29, 0.717) is 11.6 Å². The molecule has 2 aromatic carbocycles. The highest BCUT2D eigenvalue weighted by molar-refractivity contribution is 7.80. The van der Waals surface area contributed by atoms with E-state index in [1.165, 1.54) is 0 Å². The van der Waals surface area contributed by atoms with Gasteiger partial charge in [0.1, 0.15) is 5.75 Å². The van der Waals surface area contributed by atoms with Crippen LogP contribution in [0.4, 0.5) is 5.69 Å². The first-order valence-electron chi connectivity index (χ1n) is 7.15. The zero-order valence-corrected chi connectivity index (χ0v) is 14.2. The Bertz CT molecular complexity index is 689. The summed E-state index contributed by atoms with van der Waals surface area (Å²) in [6.07, 6.45) is 0.234. The highest BCUT2D eigenvalue weighted by atomic mass is 35.5. The summed E-state index contributed by atoms with van der Waals surface area (Å²) >= 11 is 11.0. The number of anilines is 1. The molecule has 0 radical (unpaired) electrons. The maximum absolute atomic E-state index is 12.0. The summed E-state index contributed by atoms with van der Waals surface area (Å²) in [4.78, 5) is 12.0. The summed E-state index contributed by atoms with van der Waals surface area (Å²) in [5, 5.41) is 6.50. The maximum atomic E-state index is 12.0. The van der Waals surface area contributed by atoms with Gasteiger partial charge in [0.05, 0.1) is 13.0 Å². The molecule has 4 nitrogen and oxygen atoms in total. The average molecular weight is 349 g/mol. The Morgan fingerprint density at radius 2 is 1.96 bits per heavy atom. The smallest absolute Gasteiger partial charge is 0.230 e. The van der Waals surface area contributed by atoms with Gasteiger partial charge in [-0.25, -0.2) is 0 Å². The molecule has 0 saturated carbocycles. The first kappa shape index (κ1) is 17.2. The Kier molecular flexibility index (Phi) is 6.38. The van der Waals surface area contributed by atoms with Gasteiger partial charge in [0, 0.05) is 16.8 Å². The average Bonchev–Trinajstić information content (AvgIpc) is 2.50. The lowest BCUT2D eigenvalue weighted by molar-refractivity contribution is -0.119. The van der Waals surface area contributed by atoms with E-state index in [1.54, 1.807) is 12.1 Å². The van der Waals surface area contributed by atoms with E-state index in [1.807, 2.05) is 43.3 Å². The van der Waals surface area contributed by atoms with Crippen LogP contribution in [-0.2, 0) is 11.2 Å². The quantitative estimate of drug-likeness (QED) is 0.807. The van der Waals surface area contributed by atoms with Gasteiger partial charge < -0.3 is 15.4 Å². The number of amides is 1. The minimum Gasteiger partial charge on any atom is -0.494 e. The molecule has 0 aromatic heterocycles. The summed E-state index contributed by atoms with van der Waals surface area (Å²) in [5.74, 6) is 0.554. The molecule has 0 saturated heterocycles. The second-order valence-electron chi connectivity index (χ2n) is 4.77. The van der Waals surface area contributed by atoms with Crippen LogP contribution in [0, 0.1) is 0 Å². The van der Waals surface area contributed by atoms with Crippen LogP contribution >= 0.6 is 23.8 Å². The van der Waals surface area contributed by atoms with Crippen LogP contribution in [0.15, 0.2) is 48.5 Å². The van der Waals surface area contributed by atoms with Gasteiger partial charge in [0.25, 0.3) is 0 Å². The topological polar surface area (TPSA) is 50.4 Å². The fourth-order valence-electron chi connectivity index (χ4n) is 1.95. The van der Waals surface area contributed by atoms with Gasteiger partial charge in [0.2, 0.25) is 5.91 Å². The maximum Gasteiger partial charge on any atom is 0.230 e. The van der Waals surface area contributed by atoms with Gasteiger partial charge in [-0.05, 0) is 49.0 Å². The summed E-state index contributed by atoms with van der Waals surface area (Å²) in [7, 11) is 0. The van der Waals surface area contributed by atoms with Crippen molar-refractivity contribution in [1.29, 1.82) is 0 Å². The second-order valence-corrected chi connectivity index (χ2v) is 5.61. The number of carbonyl (C=O) groups excluding carboxylic acids is 1. The van der Waals surface area contributed by atoms with Crippen LogP contribution in [0.1, 0.15) is 12.5 Å². The number of ether oxygens (including phenoxy) is 1. The largest absolute Gasteiger partial charge is 0.494 e. The van der Waals surface area contributed by atoms with Gasteiger partial charge in [-0.3, -0.25) is 4.79 Å². The first-order chi connectivity index (χ1) is 11.1. The molecular weight excluding hydrogens is 332 g/mol. The molecule has 0 aliphatic carbocycles. The molecule has 2 rings (SSSR count). The SMILES string of the molecule is CCOc1cccc(NC(=S)NC(=O)Cc2ccc(Cl)cc2)c1. The third-order valence-corrected chi connectivity index (χ3v) is 3.39.